The number of carboxylic acids is 1. The number of urea groups is 1. The number of aryl methyl sites for hydroxylation is 3. The Labute approximate surface area is 208 Å². The lowest BCUT2D eigenvalue weighted by Crippen LogP contribution is -2.38. The number of carbonyl (C=O) groups is 4. The second kappa shape index (κ2) is 9.53. The molecule has 4 rings (SSSR count). The molecule has 1 saturated heterocycles. The van der Waals surface area contributed by atoms with Gasteiger partial charge in [-0.25, -0.2) is 14.5 Å². The number of amides is 4. The van der Waals surface area contributed by atoms with Crippen LogP contribution in [0, 0.1) is 27.7 Å². The Morgan fingerprint density at radius 2 is 1.69 bits per heavy atom. The Hall–Kier alpha value is -4.66. The van der Waals surface area contributed by atoms with Crippen molar-refractivity contribution in [2.45, 2.75) is 27.7 Å². The summed E-state index contributed by atoms with van der Waals surface area (Å²) in [4.78, 5) is 50.1. The van der Waals surface area contributed by atoms with Crippen LogP contribution < -0.4 is 10.6 Å². The maximum Gasteiger partial charge on any atom is 0.335 e. The van der Waals surface area contributed by atoms with Crippen LogP contribution in [0.25, 0.3) is 11.8 Å². The van der Waals surface area contributed by atoms with Crippen molar-refractivity contribution in [3.05, 3.63) is 87.9 Å². The van der Waals surface area contributed by atoms with Gasteiger partial charge in [0, 0.05) is 22.8 Å². The molecule has 2 aromatic carbocycles. The van der Waals surface area contributed by atoms with Crippen LogP contribution in [-0.4, -0.2) is 44.9 Å². The van der Waals surface area contributed by atoms with Gasteiger partial charge in [0.2, 0.25) is 5.91 Å². The van der Waals surface area contributed by atoms with Crippen LogP contribution in [0.2, 0.25) is 0 Å². The summed E-state index contributed by atoms with van der Waals surface area (Å²) < 4.78 is 1.90. The fourth-order valence-corrected chi connectivity index (χ4v) is 4.14. The second-order valence-corrected chi connectivity index (χ2v) is 8.76. The van der Waals surface area contributed by atoms with Gasteiger partial charge in [-0.2, -0.15) is 0 Å². The van der Waals surface area contributed by atoms with E-state index in [9.17, 15) is 24.3 Å². The van der Waals surface area contributed by atoms with Gasteiger partial charge in [0.15, 0.2) is 0 Å². The number of hydrogen-bond acceptors (Lipinski definition) is 4. The van der Waals surface area contributed by atoms with E-state index in [0.717, 1.165) is 27.4 Å². The SMILES string of the molecule is Cc1ccc(NC(=O)CN2C(=O)N/C(=C/c3cc(C)n(-c4cc(C(=O)O)ccc4C)c3C)C2=O)cc1. The van der Waals surface area contributed by atoms with Crippen LogP contribution in [0.4, 0.5) is 10.5 Å². The molecule has 0 aliphatic carbocycles. The van der Waals surface area contributed by atoms with Gasteiger partial charge in [-0.15, -0.1) is 0 Å². The van der Waals surface area contributed by atoms with E-state index in [4.69, 9.17) is 0 Å². The lowest BCUT2D eigenvalue weighted by atomic mass is 10.1. The molecule has 0 bridgehead atoms. The molecule has 3 aromatic rings. The summed E-state index contributed by atoms with van der Waals surface area (Å²) in [6.07, 6.45) is 1.56. The third-order valence-corrected chi connectivity index (χ3v) is 6.07. The van der Waals surface area contributed by atoms with Crippen molar-refractivity contribution in [2.75, 3.05) is 11.9 Å². The Kier molecular flexibility index (Phi) is 6.48. The third kappa shape index (κ3) is 4.76. The fourth-order valence-electron chi connectivity index (χ4n) is 4.14. The Bertz CT molecular complexity index is 1430. The molecular formula is C27H26N4O5. The van der Waals surface area contributed by atoms with Gasteiger partial charge in [-0.3, -0.25) is 9.59 Å². The molecule has 9 heteroatoms. The van der Waals surface area contributed by atoms with E-state index in [1.54, 1.807) is 36.4 Å². The van der Waals surface area contributed by atoms with Crippen LogP contribution in [0.1, 0.15) is 38.4 Å². The summed E-state index contributed by atoms with van der Waals surface area (Å²) in [7, 11) is 0. The molecule has 1 aliphatic rings. The zero-order chi connectivity index (χ0) is 26.1. The number of carbonyl (C=O) groups excluding carboxylic acids is 3. The third-order valence-electron chi connectivity index (χ3n) is 6.07. The van der Waals surface area contributed by atoms with Crippen molar-refractivity contribution in [3.63, 3.8) is 0 Å². The molecule has 9 nitrogen and oxygen atoms in total. The first-order valence-electron chi connectivity index (χ1n) is 11.3. The lowest BCUT2D eigenvalue weighted by Gasteiger charge is -2.13. The maximum absolute atomic E-state index is 12.9. The molecule has 0 spiro atoms. The van der Waals surface area contributed by atoms with Gasteiger partial charge in [0.05, 0.1) is 5.56 Å². The summed E-state index contributed by atoms with van der Waals surface area (Å²) >= 11 is 0. The minimum Gasteiger partial charge on any atom is -0.478 e. The number of nitrogens with zero attached hydrogens (tertiary/aromatic N) is 2. The van der Waals surface area contributed by atoms with Crippen LogP contribution >= 0.6 is 0 Å². The minimum absolute atomic E-state index is 0.0550. The van der Waals surface area contributed by atoms with Crippen molar-refractivity contribution < 1.29 is 24.3 Å². The molecule has 1 aliphatic heterocycles. The number of carboxylic acid groups (broad SMARTS) is 1. The predicted octanol–water partition coefficient (Wildman–Crippen LogP) is 3.94. The smallest absolute Gasteiger partial charge is 0.335 e. The molecule has 0 unspecified atom stereocenters. The monoisotopic (exact) mass is 486 g/mol. The number of rotatable bonds is 6. The van der Waals surface area contributed by atoms with Crippen LogP contribution in [-0.2, 0) is 9.59 Å². The number of hydrogen-bond donors (Lipinski definition) is 3. The maximum atomic E-state index is 12.9. The molecule has 184 valence electrons. The second-order valence-electron chi connectivity index (χ2n) is 8.76. The quantitative estimate of drug-likeness (QED) is 0.360. The highest BCUT2D eigenvalue weighted by Crippen LogP contribution is 2.26. The largest absolute Gasteiger partial charge is 0.478 e. The minimum atomic E-state index is -1.02. The van der Waals surface area contributed by atoms with Gasteiger partial charge >= 0.3 is 12.0 Å². The molecule has 0 radical (unpaired) electrons. The first kappa shape index (κ1) is 24.5. The van der Waals surface area contributed by atoms with Crippen molar-refractivity contribution >= 4 is 35.6 Å². The zero-order valence-electron chi connectivity index (χ0n) is 20.4. The van der Waals surface area contributed by atoms with E-state index in [2.05, 4.69) is 10.6 Å². The number of anilines is 1. The molecule has 36 heavy (non-hydrogen) atoms. The van der Waals surface area contributed by atoms with E-state index >= 15 is 0 Å². The Balaban J connectivity index is 1.57. The van der Waals surface area contributed by atoms with Gasteiger partial charge in [-0.05, 0) is 75.2 Å². The Morgan fingerprint density at radius 1 is 1.00 bits per heavy atom. The van der Waals surface area contributed by atoms with Gasteiger partial charge in [-0.1, -0.05) is 23.8 Å². The highest BCUT2D eigenvalue weighted by Gasteiger charge is 2.35. The van der Waals surface area contributed by atoms with E-state index < -0.39 is 30.4 Å². The van der Waals surface area contributed by atoms with Gasteiger partial charge in [0.25, 0.3) is 5.91 Å². The molecule has 1 aromatic heterocycles. The summed E-state index contributed by atoms with van der Waals surface area (Å²) in [5.41, 5.74) is 5.72. The molecule has 0 saturated carbocycles. The topological polar surface area (TPSA) is 121 Å². The summed E-state index contributed by atoms with van der Waals surface area (Å²) in [6.45, 7) is 7.12. The van der Waals surface area contributed by atoms with Crippen LogP contribution in [0.15, 0.2) is 54.2 Å². The highest BCUT2D eigenvalue weighted by molar-refractivity contribution is 6.16. The lowest BCUT2D eigenvalue weighted by molar-refractivity contribution is -0.127. The summed E-state index contributed by atoms with van der Waals surface area (Å²) in [5, 5.41) is 14.6. The normalized spacial score (nSPS) is 14.3. The standard InChI is InChI=1S/C27H26N4O5/c1-15-5-9-21(10-6-15)28-24(32)14-30-25(33)22(29-27(30)36)12-20-11-17(3)31(18(20)4)23-13-19(26(34)35)8-7-16(23)2/h5-13H,14H2,1-4H3,(H,28,32)(H,29,36)(H,34,35)/b22-12+. The van der Waals surface area contributed by atoms with E-state index in [0.29, 0.717) is 16.9 Å². The highest BCUT2D eigenvalue weighted by atomic mass is 16.4. The summed E-state index contributed by atoms with van der Waals surface area (Å²) in [6, 6.07) is 13.3. The van der Waals surface area contributed by atoms with E-state index in [-0.39, 0.29) is 11.3 Å². The number of aromatic carboxylic acids is 1. The van der Waals surface area contributed by atoms with Crippen molar-refractivity contribution in [2.24, 2.45) is 0 Å². The van der Waals surface area contributed by atoms with Crippen LogP contribution in [0.5, 0.6) is 0 Å². The summed E-state index contributed by atoms with van der Waals surface area (Å²) in [5.74, 6) is -2.12. The first-order chi connectivity index (χ1) is 17.0. The first-order valence-corrected chi connectivity index (χ1v) is 11.3. The average Bonchev–Trinajstić information content (AvgIpc) is 3.24. The number of benzene rings is 2. The molecule has 3 N–H and O–H groups in total. The zero-order valence-corrected chi connectivity index (χ0v) is 20.4. The number of nitrogens with one attached hydrogen (secondary N) is 2. The van der Waals surface area contributed by atoms with Gasteiger partial charge in [0.1, 0.15) is 12.2 Å². The Morgan fingerprint density at radius 3 is 2.36 bits per heavy atom. The molecular weight excluding hydrogens is 460 g/mol. The molecule has 0 atom stereocenters. The number of aromatic nitrogens is 1. The molecule has 4 amide bonds. The fraction of sp³-hybridized carbons (Fsp3) is 0.185. The van der Waals surface area contributed by atoms with Crippen molar-refractivity contribution in [1.82, 2.24) is 14.8 Å². The predicted molar refractivity (Wildman–Crippen MR) is 135 cm³/mol. The van der Waals surface area contributed by atoms with Crippen molar-refractivity contribution in [3.8, 4) is 5.69 Å². The number of imide groups is 1. The molecule has 2 heterocycles. The average molecular weight is 487 g/mol. The van der Waals surface area contributed by atoms with E-state index in [1.165, 1.54) is 0 Å². The van der Waals surface area contributed by atoms with E-state index in [1.807, 2.05) is 50.5 Å². The van der Waals surface area contributed by atoms with Crippen LogP contribution in [0.3, 0.4) is 0 Å². The van der Waals surface area contributed by atoms with Crippen molar-refractivity contribution in [1.29, 1.82) is 0 Å². The van der Waals surface area contributed by atoms with Gasteiger partial charge < -0.3 is 20.3 Å². The molecule has 1 fully saturated rings.